The maximum atomic E-state index is 9.33. The number of hydrogen-bond donors (Lipinski definition) is 2. The second kappa shape index (κ2) is 6.28. The molecule has 0 bridgehead atoms. The molecule has 0 amide bonds. The summed E-state index contributed by atoms with van der Waals surface area (Å²) in [5, 5.41) is 11.4. The third kappa shape index (κ3) is 4.54. The topological polar surface area (TPSA) is 54.0 Å². The number of aliphatic hydroxyl groups excluding tert-OH is 1. The van der Waals surface area contributed by atoms with Crippen molar-refractivity contribution < 1.29 is 14.6 Å². The van der Waals surface area contributed by atoms with Crippen LogP contribution in [0.4, 0.5) is 0 Å². The lowest BCUT2D eigenvalue weighted by atomic mass is 10.4. The molecule has 0 aliphatic carbocycles. The Hall–Kier alpha value is -0.200. The van der Waals surface area contributed by atoms with Crippen LogP contribution in [0.25, 0.3) is 0 Å². The zero-order valence-electron chi connectivity index (χ0n) is 8.03. The van der Waals surface area contributed by atoms with E-state index in [1.807, 2.05) is 0 Å². The van der Waals surface area contributed by atoms with Gasteiger partial charge in [0.05, 0.1) is 25.9 Å². The Morgan fingerprint density at radius 1 is 1.54 bits per heavy atom. The summed E-state index contributed by atoms with van der Waals surface area (Å²) in [4.78, 5) is 0. The zero-order chi connectivity index (χ0) is 9.52. The van der Waals surface area contributed by atoms with Crippen LogP contribution in [0, 0.1) is 0 Å². The Bertz CT molecular complexity index is 129. The van der Waals surface area contributed by atoms with E-state index < -0.39 is 6.10 Å². The predicted molar refractivity (Wildman–Crippen MR) is 48.3 cm³/mol. The second-order valence-electron chi connectivity index (χ2n) is 3.07. The SMILES string of the molecule is COCC(O)CNN1CCOCC1. The van der Waals surface area contributed by atoms with Crippen molar-refractivity contribution in [2.45, 2.75) is 6.10 Å². The highest BCUT2D eigenvalue weighted by molar-refractivity contribution is 4.61. The van der Waals surface area contributed by atoms with E-state index >= 15 is 0 Å². The first kappa shape index (κ1) is 10.9. The number of morpholine rings is 1. The molecule has 1 heterocycles. The van der Waals surface area contributed by atoms with Crippen molar-refractivity contribution in [2.24, 2.45) is 0 Å². The molecule has 0 radical (unpaired) electrons. The van der Waals surface area contributed by atoms with E-state index in [1.54, 1.807) is 7.11 Å². The Balaban J connectivity index is 2.03. The second-order valence-corrected chi connectivity index (χ2v) is 3.07. The highest BCUT2D eigenvalue weighted by atomic mass is 16.5. The maximum Gasteiger partial charge on any atom is 0.0911 e. The van der Waals surface area contributed by atoms with Crippen molar-refractivity contribution in [1.82, 2.24) is 10.4 Å². The van der Waals surface area contributed by atoms with E-state index in [1.165, 1.54) is 0 Å². The smallest absolute Gasteiger partial charge is 0.0911 e. The van der Waals surface area contributed by atoms with Gasteiger partial charge in [-0.25, -0.2) is 5.01 Å². The minimum Gasteiger partial charge on any atom is -0.389 e. The van der Waals surface area contributed by atoms with Gasteiger partial charge in [0.25, 0.3) is 0 Å². The summed E-state index contributed by atoms with van der Waals surface area (Å²) in [6, 6.07) is 0. The molecule has 0 saturated carbocycles. The third-order valence-corrected chi connectivity index (χ3v) is 1.92. The Labute approximate surface area is 78.6 Å². The molecule has 13 heavy (non-hydrogen) atoms. The van der Waals surface area contributed by atoms with Crippen LogP contribution in [0.3, 0.4) is 0 Å². The van der Waals surface area contributed by atoms with E-state index in [4.69, 9.17) is 9.47 Å². The summed E-state index contributed by atoms with van der Waals surface area (Å²) in [6.45, 7) is 4.17. The molecule has 1 unspecified atom stereocenters. The fourth-order valence-electron chi connectivity index (χ4n) is 1.21. The predicted octanol–water partition coefficient (Wildman–Crippen LogP) is -1.17. The standard InChI is InChI=1S/C8H18N2O3/c1-12-7-8(11)6-9-10-2-4-13-5-3-10/h8-9,11H,2-7H2,1H3. The van der Waals surface area contributed by atoms with Crippen LogP contribution in [0.1, 0.15) is 0 Å². The van der Waals surface area contributed by atoms with Crippen LogP contribution in [0.2, 0.25) is 0 Å². The fourth-order valence-corrected chi connectivity index (χ4v) is 1.21. The Morgan fingerprint density at radius 2 is 2.23 bits per heavy atom. The highest BCUT2D eigenvalue weighted by Crippen LogP contribution is 1.92. The summed E-state index contributed by atoms with van der Waals surface area (Å²) < 4.78 is 10.00. The number of rotatable bonds is 5. The summed E-state index contributed by atoms with van der Waals surface area (Å²) in [5.74, 6) is 0. The summed E-state index contributed by atoms with van der Waals surface area (Å²) in [5.41, 5.74) is 3.13. The van der Waals surface area contributed by atoms with E-state index in [0.717, 1.165) is 26.3 Å². The van der Waals surface area contributed by atoms with Gasteiger partial charge in [-0.2, -0.15) is 0 Å². The van der Waals surface area contributed by atoms with Gasteiger partial charge >= 0.3 is 0 Å². The molecule has 1 rings (SSSR count). The molecule has 0 aromatic rings. The normalized spacial score (nSPS) is 21.7. The first-order valence-corrected chi connectivity index (χ1v) is 4.56. The summed E-state index contributed by atoms with van der Waals surface area (Å²) in [6.07, 6.45) is -0.437. The van der Waals surface area contributed by atoms with Crippen LogP contribution in [-0.2, 0) is 9.47 Å². The summed E-state index contributed by atoms with van der Waals surface area (Å²) in [7, 11) is 1.58. The minimum atomic E-state index is -0.437. The zero-order valence-corrected chi connectivity index (χ0v) is 8.03. The lowest BCUT2D eigenvalue weighted by molar-refractivity contribution is -0.00554. The molecule has 1 aliphatic rings. The fraction of sp³-hybridized carbons (Fsp3) is 1.00. The number of hydrazine groups is 1. The molecule has 1 aliphatic heterocycles. The number of aliphatic hydroxyl groups is 1. The number of ether oxygens (including phenoxy) is 2. The van der Waals surface area contributed by atoms with Gasteiger partial charge in [-0.05, 0) is 0 Å². The van der Waals surface area contributed by atoms with Crippen molar-refractivity contribution in [1.29, 1.82) is 0 Å². The highest BCUT2D eigenvalue weighted by Gasteiger charge is 2.11. The molecule has 0 spiro atoms. The van der Waals surface area contributed by atoms with Gasteiger partial charge in [0, 0.05) is 26.7 Å². The molecule has 1 atom stereocenters. The van der Waals surface area contributed by atoms with E-state index in [0.29, 0.717) is 13.2 Å². The average molecular weight is 190 g/mol. The van der Waals surface area contributed by atoms with Crippen LogP contribution in [0.15, 0.2) is 0 Å². The Kier molecular flexibility index (Phi) is 5.26. The third-order valence-electron chi connectivity index (χ3n) is 1.92. The molecule has 2 N–H and O–H groups in total. The van der Waals surface area contributed by atoms with Crippen molar-refractivity contribution in [3.8, 4) is 0 Å². The number of nitrogens with zero attached hydrogens (tertiary/aromatic N) is 1. The van der Waals surface area contributed by atoms with Crippen molar-refractivity contribution >= 4 is 0 Å². The van der Waals surface area contributed by atoms with E-state index in [-0.39, 0.29) is 0 Å². The molecule has 1 saturated heterocycles. The first-order valence-electron chi connectivity index (χ1n) is 4.56. The van der Waals surface area contributed by atoms with Gasteiger partial charge < -0.3 is 14.6 Å². The van der Waals surface area contributed by atoms with Gasteiger partial charge in [0.15, 0.2) is 0 Å². The molecule has 0 aromatic carbocycles. The van der Waals surface area contributed by atoms with E-state index in [2.05, 4.69) is 10.4 Å². The van der Waals surface area contributed by atoms with Gasteiger partial charge in [-0.3, -0.25) is 5.43 Å². The number of nitrogens with one attached hydrogen (secondary N) is 1. The maximum absolute atomic E-state index is 9.33. The van der Waals surface area contributed by atoms with Crippen molar-refractivity contribution in [3.05, 3.63) is 0 Å². The molecule has 0 aromatic heterocycles. The summed E-state index contributed by atoms with van der Waals surface area (Å²) >= 11 is 0. The van der Waals surface area contributed by atoms with E-state index in [9.17, 15) is 5.11 Å². The first-order chi connectivity index (χ1) is 6.33. The van der Waals surface area contributed by atoms with Crippen molar-refractivity contribution in [3.63, 3.8) is 0 Å². The molecule has 78 valence electrons. The average Bonchev–Trinajstić information content (AvgIpc) is 2.17. The molecular weight excluding hydrogens is 172 g/mol. The number of methoxy groups -OCH3 is 1. The molecular formula is C8H18N2O3. The quantitative estimate of drug-likeness (QED) is 0.572. The van der Waals surface area contributed by atoms with Crippen LogP contribution in [0.5, 0.6) is 0 Å². The van der Waals surface area contributed by atoms with Gasteiger partial charge in [0.1, 0.15) is 0 Å². The number of hydrogen-bond acceptors (Lipinski definition) is 5. The largest absolute Gasteiger partial charge is 0.389 e. The molecule has 5 heteroatoms. The minimum absolute atomic E-state index is 0.372. The molecule has 1 fully saturated rings. The van der Waals surface area contributed by atoms with Gasteiger partial charge in [-0.15, -0.1) is 0 Å². The molecule has 5 nitrogen and oxygen atoms in total. The Morgan fingerprint density at radius 3 is 2.85 bits per heavy atom. The van der Waals surface area contributed by atoms with Crippen LogP contribution in [-0.4, -0.2) is 62.8 Å². The van der Waals surface area contributed by atoms with Gasteiger partial charge in [0.2, 0.25) is 0 Å². The lowest BCUT2D eigenvalue weighted by Gasteiger charge is -2.28. The van der Waals surface area contributed by atoms with Crippen LogP contribution < -0.4 is 5.43 Å². The van der Waals surface area contributed by atoms with Gasteiger partial charge in [-0.1, -0.05) is 0 Å². The van der Waals surface area contributed by atoms with Crippen molar-refractivity contribution in [2.75, 3.05) is 46.6 Å². The monoisotopic (exact) mass is 190 g/mol. The van der Waals surface area contributed by atoms with Crippen LogP contribution >= 0.6 is 0 Å². The lowest BCUT2D eigenvalue weighted by Crippen LogP contribution is -2.48.